The number of aryl methyl sites for hydroxylation is 1. The van der Waals surface area contributed by atoms with E-state index in [4.69, 9.17) is 9.26 Å². The van der Waals surface area contributed by atoms with E-state index in [-0.39, 0.29) is 5.91 Å². The number of hydrogen-bond acceptors (Lipinski definition) is 4. The van der Waals surface area contributed by atoms with Crippen LogP contribution in [0.15, 0.2) is 10.6 Å². The Bertz CT molecular complexity index is 457. The lowest BCUT2D eigenvalue weighted by atomic mass is 9.93. The van der Waals surface area contributed by atoms with Crippen LogP contribution >= 0.6 is 0 Å². The minimum Gasteiger partial charge on any atom is -0.375 e. The van der Waals surface area contributed by atoms with Gasteiger partial charge in [0.1, 0.15) is 5.76 Å². The second kappa shape index (κ2) is 4.39. The van der Waals surface area contributed by atoms with Gasteiger partial charge >= 0.3 is 0 Å². The highest BCUT2D eigenvalue weighted by atomic mass is 16.5. The molecule has 3 rings (SSSR count). The first kappa shape index (κ1) is 11.7. The fourth-order valence-corrected chi connectivity index (χ4v) is 3.01. The van der Waals surface area contributed by atoms with Crippen LogP contribution in [0, 0.1) is 12.8 Å². The molecule has 2 fully saturated rings. The number of carbonyl (C=O) groups excluding carboxylic acids is 1. The molecule has 18 heavy (non-hydrogen) atoms. The van der Waals surface area contributed by atoms with Crippen LogP contribution in [0.4, 0.5) is 0 Å². The summed E-state index contributed by atoms with van der Waals surface area (Å²) in [5.74, 6) is 1.13. The van der Waals surface area contributed by atoms with Crippen molar-refractivity contribution >= 4 is 5.91 Å². The molecule has 0 spiro atoms. The number of amides is 1. The van der Waals surface area contributed by atoms with E-state index in [1.54, 1.807) is 13.0 Å². The van der Waals surface area contributed by atoms with Crippen molar-refractivity contribution in [2.24, 2.45) is 5.92 Å². The van der Waals surface area contributed by atoms with Crippen molar-refractivity contribution in [3.8, 4) is 0 Å². The number of likely N-dealkylation sites (tertiary alicyclic amines) is 1. The van der Waals surface area contributed by atoms with Gasteiger partial charge in [-0.2, -0.15) is 0 Å². The van der Waals surface area contributed by atoms with Crippen LogP contribution in [-0.4, -0.2) is 41.3 Å². The van der Waals surface area contributed by atoms with Gasteiger partial charge in [0.15, 0.2) is 5.69 Å². The maximum atomic E-state index is 12.2. The number of fused-ring (bicyclic) bond motifs is 1. The van der Waals surface area contributed by atoms with Gasteiger partial charge in [0, 0.05) is 25.1 Å². The van der Waals surface area contributed by atoms with Crippen LogP contribution in [0.25, 0.3) is 0 Å². The lowest BCUT2D eigenvalue weighted by Crippen LogP contribution is -2.44. The van der Waals surface area contributed by atoms with Crippen molar-refractivity contribution in [1.29, 1.82) is 0 Å². The molecule has 1 aromatic heterocycles. The van der Waals surface area contributed by atoms with Crippen molar-refractivity contribution in [2.75, 3.05) is 13.1 Å². The number of aromatic nitrogens is 1. The van der Waals surface area contributed by atoms with Gasteiger partial charge in [0.25, 0.3) is 5.91 Å². The molecule has 0 aliphatic carbocycles. The van der Waals surface area contributed by atoms with Gasteiger partial charge in [-0.25, -0.2) is 0 Å². The zero-order valence-electron chi connectivity index (χ0n) is 10.8. The zero-order chi connectivity index (χ0) is 12.7. The predicted molar refractivity (Wildman–Crippen MR) is 64.2 cm³/mol. The van der Waals surface area contributed by atoms with E-state index in [0.717, 1.165) is 25.9 Å². The lowest BCUT2D eigenvalue weighted by Gasteiger charge is -2.33. The Balaban J connectivity index is 1.69. The average molecular weight is 250 g/mol. The Morgan fingerprint density at radius 2 is 2.39 bits per heavy atom. The summed E-state index contributed by atoms with van der Waals surface area (Å²) in [6.45, 7) is 5.42. The number of hydrogen-bond donors (Lipinski definition) is 0. The molecule has 98 valence electrons. The highest BCUT2D eigenvalue weighted by Gasteiger charge is 2.39. The molecule has 2 aliphatic heterocycles. The third kappa shape index (κ3) is 2.03. The molecule has 0 aromatic carbocycles. The first-order valence-electron chi connectivity index (χ1n) is 6.51. The van der Waals surface area contributed by atoms with E-state index in [1.165, 1.54) is 0 Å². The van der Waals surface area contributed by atoms with Crippen molar-refractivity contribution in [2.45, 2.75) is 38.9 Å². The fourth-order valence-electron chi connectivity index (χ4n) is 3.01. The topological polar surface area (TPSA) is 55.6 Å². The molecule has 1 amide bonds. The monoisotopic (exact) mass is 250 g/mol. The molecule has 0 unspecified atom stereocenters. The van der Waals surface area contributed by atoms with Gasteiger partial charge in [-0.15, -0.1) is 0 Å². The highest BCUT2D eigenvalue weighted by molar-refractivity contribution is 5.92. The number of nitrogens with zero attached hydrogens (tertiary/aromatic N) is 2. The standard InChI is InChI=1S/C13H18N2O3/c1-8-5-10-7-15(4-3-12(10)17-8)13(16)11-6-9(2)18-14-11/h6,8,10,12H,3-5,7H2,1-2H3/t8-,10-,12-/m0/s1. The maximum absolute atomic E-state index is 12.2. The average Bonchev–Trinajstić information content (AvgIpc) is 2.92. The largest absolute Gasteiger partial charge is 0.375 e. The molecular weight excluding hydrogens is 232 g/mol. The van der Waals surface area contributed by atoms with E-state index >= 15 is 0 Å². The molecule has 0 saturated carbocycles. The third-order valence-corrected chi connectivity index (χ3v) is 3.84. The Labute approximate surface area is 106 Å². The highest BCUT2D eigenvalue weighted by Crippen LogP contribution is 2.32. The SMILES string of the molecule is Cc1cc(C(=O)N2CC[C@@H]3O[C@@H](C)C[C@H]3C2)no1. The van der Waals surface area contributed by atoms with Crippen LogP contribution in [0.1, 0.15) is 36.0 Å². The summed E-state index contributed by atoms with van der Waals surface area (Å²) in [6, 6.07) is 1.70. The van der Waals surface area contributed by atoms with Crippen molar-refractivity contribution < 1.29 is 14.1 Å². The summed E-state index contributed by atoms with van der Waals surface area (Å²) < 4.78 is 10.8. The van der Waals surface area contributed by atoms with Gasteiger partial charge in [-0.1, -0.05) is 5.16 Å². The third-order valence-electron chi connectivity index (χ3n) is 3.84. The van der Waals surface area contributed by atoms with Crippen molar-refractivity contribution in [3.05, 3.63) is 17.5 Å². The fraction of sp³-hybridized carbons (Fsp3) is 0.692. The summed E-state index contributed by atoms with van der Waals surface area (Å²) in [4.78, 5) is 14.1. The number of carbonyl (C=O) groups is 1. The van der Waals surface area contributed by atoms with E-state index in [9.17, 15) is 4.79 Å². The van der Waals surface area contributed by atoms with Gasteiger partial charge in [-0.3, -0.25) is 4.79 Å². The molecule has 2 aliphatic rings. The first-order valence-corrected chi connectivity index (χ1v) is 6.51. The van der Waals surface area contributed by atoms with Gasteiger partial charge < -0.3 is 14.2 Å². The molecule has 0 radical (unpaired) electrons. The lowest BCUT2D eigenvalue weighted by molar-refractivity contribution is 0.00840. The smallest absolute Gasteiger partial charge is 0.276 e. The zero-order valence-corrected chi connectivity index (χ0v) is 10.8. The number of rotatable bonds is 1. The summed E-state index contributed by atoms with van der Waals surface area (Å²) in [7, 11) is 0. The summed E-state index contributed by atoms with van der Waals surface area (Å²) in [5.41, 5.74) is 0.415. The number of piperidine rings is 1. The molecule has 1 aromatic rings. The molecule has 5 nitrogen and oxygen atoms in total. The molecule has 0 N–H and O–H groups in total. The van der Waals surface area contributed by atoms with E-state index in [1.807, 2.05) is 4.90 Å². The quantitative estimate of drug-likeness (QED) is 0.760. The van der Waals surface area contributed by atoms with Crippen LogP contribution in [0.5, 0.6) is 0 Å². The van der Waals surface area contributed by atoms with E-state index < -0.39 is 0 Å². The second-order valence-corrected chi connectivity index (χ2v) is 5.34. The summed E-state index contributed by atoms with van der Waals surface area (Å²) in [5, 5.41) is 3.79. The maximum Gasteiger partial charge on any atom is 0.276 e. The summed E-state index contributed by atoms with van der Waals surface area (Å²) >= 11 is 0. The predicted octanol–water partition coefficient (Wildman–Crippen LogP) is 1.62. The van der Waals surface area contributed by atoms with E-state index in [0.29, 0.717) is 29.6 Å². The molecule has 5 heteroatoms. The molecule has 3 atom stereocenters. The Hall–Kier alpha value is -1.36. The van der Waals surface area contributed by atoms with E-state index in [2.05, 4.69) is 12.1 Å². The Morgan fingerprint density at radius 3 is 3.11 bits per heavy atom. The molecule has 0 bridgehead atoms. The van der Waals surface area contributed by atoms with Gasteiger partial charge in [-0.05, 0) is 26.7 Å². The van der Waals surface area contributed by atoms with Crippen LogP contribution in [0.3, 0.4) is 0 Å². The Morgan fingerprint density at radius 1 is 1.56 bits per heavy atom. The minimum atomic E-state index is -0.0233. The van der Waals surface area contributed by atoms with Gasteiger partial charge in [0.2, 0.25) is 0 Å². The van der Waals surface area contributed by atoms with Crippen LogP contribution in [-0.2, 0) is 4.74 Å². The second-order valence-electron chi connectivity index (χ2n) is 5.34. The normalized spacial score (nSPS) is 31.4. The first-order chi connectivity index (χ1) is 8.63. The molecular formula is C13H18N2O3. The Kier molecular flexibility index (Phi) is 2.86. The van der Waals surface area contributed by atoms with Crippen LogP contribution in [0.2, 0.25) is 0 Å². The number of ether oxygens (including phenoxy) is 1. The molecule has 2 saturated heterocycles. The van der Waals surface area contributed by atoms with Crippen molar-refractivity contribution in [1.82, 2.24) is 10.1 Å². The van der Waals surface area contributed by atoms with Crippen molar-refractivity contribution in [3.63, 3.8) is 0 Å². The van der Waals surface area contributed by atoms with Crippen LogP contribution < -0.4 is 0 Å². The summed E-state index contributed by atoms with van der Waals surface area (Å²) in [6.07, 6.45) is 2.64. The molecule has 3 heterocycles. The minimum absolute atomic E-state index is 0.0233. The van der Waals surface area contributed by atoms with Gasteiger partial charge in [0.05, 0.1) is 12.2 Å².